The van der Waals surface area contributed by atoms with E-state index in [0.717, 1.165) is 27.9 Å². The van der Waals surface area contributed by atoms with Crippen molar-refractivity contribution in [3.05, 3.63) is 87.8 Å². The number of hydrogen-bond acceptors (Lipinski definition) is 4. The molecule has 1 aliphatic rings. The zero-order valence-electron chi connectivity index (χ0n) is 16.0. The van der Waals surface area contributed by atoms with E-state index in [1.807, 2.05) is 43.3 Å². The van der Waals surface area contributed by atoms with E-state index in [0.29, 0.717) is 12.2 Å². The van der Waals surface area contributed by atoms with Gasteiger partial charge in [-0.15, -0.1) is 0 Å². The van der Waals surface area contributed by atoms with Crippen LogP contribution >= 0.6 is 0 Å². The molecule has 2 amide bonds. The van der Waals surface area contributed by atoms with Crippen molar-refractivity contribution in [1.29, 1.82) is 0 Å². The number of aromatic nitrogens is 2. The maximum absolute atomic E-state index is 12.9. The Bertz CT molecular complexity index is 1140. The summed E-state index contributed by atoms with van der Waals surface area (Å²) in [4.78, 5) is 39.0. The molecule has 7 nitrogen and oxygen atoms in total. The van der Waals surface area contributed by atoms with Crippen molar-refractivity contribution in [2.75, 3.05) is 16.8 Å². The van der Waals surface area contributed by atoms with E-state index >= 15 is 0 Å². The molecule has 0 radical (unpaired) electrons. The number of aryl methyl sites for hydroxylation is 1. The molecule has 1 aliphatic heterocycles. The highest BCUT2D eigenvalue weighted by atomic mass is 16.2. The molecular formula is C22H20N4O3. The van der Waals surface area contributed by atoms with Gasteiger partial charge in [0.2, 0.25) is 5.91 Å². The number of rotatable bonds is 4. The molecule has 2 aromatic carbocycles. The van der Waals surface area contributed by atoms with Crippen LogP contribution in [0.1, 0.15) is 21.6 Å². The highest BCUT2D eigenvalue weighted by Gasteiger charge is 2.26. The van der Waals surface area contributed by atoms with Gasteiger partial charge in [-0.25, -0.2) is 4.68 Å². The van der Waals surface area contributed by atoms with Crippen LogP contribution < -0.4 is 15.8 Å². The summed E-state index contributed by atoms with van der Waals surface area (Å²) in [6.45, 7) is 2.24. The minimum absolute atomic E-state index is 0.129. The number of nitrogens with one attached hydrogen (secondary N) is 1. The van der Waals surface area contributed by atoms with E-state index in [9.17, 15) is 14.4 Å². The Hall–Kier alpha value is -3.74. The van der Waals surface area contributed by atoms with Crippen LogP contribution in [0.2, 0.25) is 0 Å². The summed E-state index contributed by atoms with van der Waals surface area (Å²) < 4.78 is 1.01. The van der Waals surface area contributed by atoms with Gasteiger partial charge < -0.3 is 10.2 Å². The van der Waals surface area contributed by atoms with Gasteiger partial charge in [0.25, 0.3) is 11.5 Å². The Morgan fingerprint density at radius 2 is 1.79 bits per heavy atom. The van der Waals surface area contributed by atoms with Gasteiger partial charge in [-0.05, 0) is 43.2 Å². The van der Waals surface area contributed by atoms with Gasteiger partial charge in [-0.3, -0.25) is 14.4 Å². The molecule has 0 aliphatic carbocycles. The van der Waals surface area contributed by atoms with Crippen molar-refractivity contribution in [2.45, 2.75) is 19.9 Å². The van der Waals surface area contributed by atoms with Crippen molar-refractivity contribution < 1.29 is 9.59 Å². The molecule has 0 spiro atoms. The highest BCUT2D eigenvalue weighted by Crippen LogP contribution is 2.28. The molecule has 0 unspecified atom stereocenters. The lowest BCUT2D eigenvalue weighted by atomic mass is 10.2. The topological polar surface area (TPSA) is 84.3 Å². The van der Waals surface area contributed by atoms with Gasteiger partial charge in [0.15, 0.2) is 0 Å². The summed E-state index contributed by atoms with van der Waals surface area (Å²) >= 11 is 0. The van der Waals surface area contributed by atoms with Crippen LogP contribution in [-0.2, 0) is 17.8 Å². The Labute approximate surface area is 167 Å². The summed E-state index contributed by atoms with van der Waals surface area (Å²) in [6.07, 6.45) is 0.778. The Morgan fingerprint density at radius 1 is 1.03 bits per heavy atom. The number of carbonyl (C=O) groups is 2. The van der Waals surface area contributed by atoms with Crippen LogP contribution in [0.25, 0.3) is 0 Å². The summed E-state index contributed by atoms with van der Waals surface area (Å²) in [5.41, 5.74) is 3.36. The van der Waals surface area contributed by atoms with E-state index in [-0.39, 0.29) is 24.1 Å². The Morgan fingerprint density at radius 3 is 2.59 bits per heavy atom. The molecule has 4 rings (SSSR count). The fourth-order valence-electron chi connectivity index (χ4n) is 3.34. The maximum atomic E-state index is 12.9. The molecule has 2 heterocycles. The quantitative estimate of drug-likeness (QED) is 0.744. The molecule has 0 fully saturated rings. The third-order valence-corrected chi connectivity index (χ3v) is 4.85. The number of hydrogen-bond donors (Lipinski definition) is 1. The van der Waals surface area contributed by atoms with Crippen LogP contribution in [0, 0.1) is 6.92 Å². The largest absolute Gasteiger partial charge is 0.324 e. The first-order chi connectivity index (χ1) is 14.0. The molecule has 29 heavy (non-hydrogen) atoms. The number of carbonyl (C=O) groups excluding carboxylic acids is 2. The van der Waals surface area contributed by atoms with Crippen LogP contribution in [0.4, 0.5) is 11.4 Å². The number of anilines is 2. The first-order valence-electron chi connectivity index (χ1n) is 9.36. The molecule has 3 aromatic rings. The van der Waals surface area contributed by atoms with E-state index < -0.39 is 5.56 Å². The first kappa shape index (κ1) is 18.6. The van der Waals surface area contributed by atoms with Crippen molar-refractivity contribution in [2.24, 2.45) is 0 Å². The minimum atomic E-state index is -0.442. The van der Waals surface area contributed by atoms with Gasteiger partial charge >= 0.3 is 0 Å². The van der Waals surface area contributed by atoms with Gasteiger partial charge in [0, 0.05) is 24.0 Å². The van der Waals surface area contributed by atoms with Gasteiger partial charge in [-0.1, -0.05) is 35.9 Å². The van der Waals surface area contributed by atoms with E-state index in [2.05, 4.69) is 10.4 Å². The minimum Gasteiger partial charge on any atom is -0.324 e. The van der Waals surface area contributed by atoms with Gasteiger partial charge in [-0.2, -0.15) is 5.10 Å². The Kier molecular flexibility index (Phi) is 4.95. The smallest absolute Gasteiger partial charge is 0.278 e. The summed E-state index contributed by atoms with van der Waals surface area (Å²) in [6, 6.07) is 17.7. The maximum Gasteiger partial charge on any atom is 0.278 e. The number of para-hydroxylation sites is 1. The molecule has 1 aromatic heterocycles. The second-order valence-corrected chi connectivity index (χ2v) is 6.96. The average Bonchev–Trinajstić information content (AvgIpc) is 3.15. The zero-order chi connectivity index (χ0) is 20.4. The van der Waals surface area contributed by atoms with Crippen molar-refractivity contribution >= 4 is 23.2 Å². The molecule has 0 saturated heterocycles. The van der Waals surface area contributed by atoms with E-state index in [1.165, 1.54) is 12.1 Å². The van der Waals surface area contributed by atoms with Crippen LogP contribution in [0.5, 0.6) is 0 Å². The van der Waals surface area contributed by atoms with Crippen LogP contribution in [-0.4, -0.2) is 28.1 Å². The highest BCUT2D eigenvalue weighted by molar-refractivity contribution is 6.06. The molecule has 0 bridgehead atoms. The molecule has 0 atom stereocenters. The lowest BCUT2D eigenvalue weighted by Gasteiger charge is -2.17. The number of amides is 2. The SMILES string of the molecule is Cc1ccc(NC(=O)Cn2nc(C(=O)N3CCc4ccccc43)ccc2=O)cc1. The summed E-state index contributed by atoms with van der Waals surface area (Å²) in [5.74, 6) is -0.679. The lowest BCUT2D eigenvalue weighted by Crippen LogP contribution is -2.34. The second kappa shape index (κ2) is 7.71. The first-order valence-corrected chi connectivity index (χ1v) is 9.36. The molecular weight excluding hydrogens is 368 g/mol. The average molecular weight is 388 g/mol. The third kappa shape index (κ3) is 3.94. The number of benzene rings is 2. The Balaban J connectivity index is 1.52. The van der Waals surface area contributed by atoms with Crippen molar-refractivity contribution in [1.82, 2.24) is 9.78 Å². The van der Waals surface area contributed by atoms with Gasteiger partial charge in [0.05, 0.1) is 0 Å². The van der Waals surface area contributed by atoms with E-state index in [4.69, 9.17) is 0 Å². The van der Waals surface area contributed by atoms with Gasteiger partial charge in [0.1, 0.15) is 12.2 Å². The number of nitrogens with zero attached hydrogens (tertiary/aromatic N) is 3. The molecule has 0 saturated carbocycles. The summed E-state index contributed by atoms with van der Waals surface area (Å²) in [7, 11) is 0. The molecule has 146 valence electrons. The van der Waals surface area contributed by atoms with E-state index in [1.54, 1.807) is 17.0 Å². The van der Waals surface area contributed by atoms with Crippen molar-refractivity contribution in [3.8, 4) is 0 Å². The predicted molar refractivity (Wildman–Crippen MR) is 110 cm³/mol. The second-order valence-electron chi connectivity index (χ2n) is 6.96. The fourth-order valence-corrected chi connectivity index (χ4v) is 3.34. The third-order valence-electron chi connectivity index (χ3n) is 4.85. The normalized spacial score (nSPS) is 12.5. The standard InChI is InChI=1S/C22H20N4O3/c1-15-6-8-17(9-7-15)23-20(27)14-26-21(28)11-10-18(24-26)22(29)25-13-12-16-4-2-3-5-19(16)25/h2-11H,12-14H2,1H3,(H,23,27). The molecule has 7 heteroatoms. The fraction of sp³-hybridized carbons (Fsp3) is 0.182. The number of fused-ring (bicyclic) bond motifs is 1. The van der Waals surface area contributed by atoms with Crippen LogP contribution in [0.3, 0.4) is 0 Å². The lowest BCUT2D eigenvalue weighted by molar-refractivity contribution is -0.117. The monoisotopic (exact) mass is 388 g/mol. The molecule has 1 N–H and O–H groups in total. The summed E-state index contributed by atoms with van der Waals surface area (Å²) in [5, 5.41) is 6.87. The van der Waals surface area contributed by atoms with Crippen LogP contribution in [0.15, 0.2) is 65.5 Å². The predicted octanol–water partition coefficient (Wildman–Crippen LogP) is 2.39. The zero-order valence-corrected chi connectivity index (χ0v) is 16.0. The van der Waals surface area contributed by atoms with Crippen molar-refractivity contribution in [3.63, 3.8) is 0 Å².